The Labute approximate surface area is 263 Å². The molecule has 2 aromatic heterocycles. The molecule has 0 radical (unpaired) electrons. The lowest BCUT2D eigenvalue weighted by atomic mass is 10.0. The molecule has 0 bridgehead atoms. The minimum atomic E-state index is -4.89. The molecule has 0 N–H and O–H groups in total. The van der Waals surface area contributed by atoms with Crippen LogP contribution in [0.25, 0.3) is 0 Å². The van der Waals surface area contributed by atoms with E-state index in [1.54, 1.807) is 17.8 Å². The van der Waals surface area contributed by atoms with Crippen LogP contribution in [0.5, 0.6) is 11.6 Å². The minimum absolute atomic E-state index is 0.00663. The van der Waals surface area contributed by atoms with Crippen LogP contribution in [-0.2, 0) is 25.4 Å². The summed E-state index contributed by atoms with van der Waals surface area (Å²) in [5.74, 6) is 1.88. The molecular weight excluding hydrogens is 620 g/mol. The largest absolute Gasteiger partial charge is 0.489 e. The van der Waals surface area contributed by atoms with Crippen molar-refractivity contribution in [2.75, 3.05) is 48.6 Å². The molecule has 0 amide bonds. The third kappa shape index (κ3) is 9.30. The molecule has 45 heavy (non-hydrogen) atoms. The van der Waals surface area contributed by atoms with Crippen LogP contribution in [0.15, 0.2) is 42.7 Å². The predicted octanol–water partition coefficient (Wildman–Crippen LogP) is 7.88. The summed E-state index contributed by atoms with van der Waals surface area (Å²) in [6, 6.07) is 5.01. The molecule has 0 aliphatic heterocycles. The molecular formula is C31H37F6N5O2S. The van der Waals surface area contributed by atoms with Crippen LogP contribution >= 0.6 is 11.8 Å². The van der Waals surface area contributed by atoms with Gasteiger partial charge in [0.2, 0.25) is 11.8 Å². The smallest absolute Gasteiger partial charge is 0.416 e. The van der Waals surface area contributed by atoms with E-state index in [9.17, 15) is 26.3 Å². The van der Waals surface area contributed by atoms with E-state index >= 15 is 0 Å². The number of alkyl halides is 6. The lowest BCUT2D eigenvalue weighted by Crippen LogP contribution is -2.32. The van der Waals surface area contributed by atoms with E-state index in [0.717, 1.165) is 43.7 Å². The molecule has 0 unspecified atom stereocenters. The van der Waals surface area contributed by atoms with Gasteiger partial charge in [-0.3, -0.25) is 0 Å². The zero-order valence-electron chi connectivity index (χ0n) is 25.4. The molecule has 4 rings (SSSR count). The van der Waals surface area contributed by atoms with Crippen LogP contribution in [0.2, 0.25) is 0 Å². The molecule has 2 heterocycles. The summed E-state index contributed by atoms with van der Waals surface area (Å²) in [6.45, 7) is 3.17. The summed E-state index contributed by atoms with van der Waals surface area (Å²) in [7, 11) is 1.46. The van der Waals surface area contributed by atoms with Gasteiger partial charge in [-0.2, -0.15) is 38.1 Å². The fraction of sp³-hybridized carbons (Fsp3) is 0.516. The average Bonchev–Trinajstić information content (AvgIpc) is 3.52. The normalized spacial score (nSPS) is 14.1. The van der Waals surface area contributed by atoms with Gasteiger partial charge in [0.1, 0.15) is 0 Å². The summed E-state index contributed by atoms with van der Waals surface area (Å²) in [6.07, 6.45) is -0.464. The van der Waals surface area contributed by atoms with E-state index < -0.39 is 35.6 Å². The van der Waals surface area contributed by atoms with Gasteiger partial charge in [0.15, 0.2) is 5.75 Å². The van der Waals surface area contributed by atoms with E-state index in [1.165, 1.54) is 24.4 Å². The number of hydrogen-bond donors (Lipinski definition) is 0. The highest BCUT2D eigenvalue weighted by Gasteiger charge is 2.37. The van der Waals surface area contributed by atoms with Gasteiger partial charge in [0, 0.05) is 31.5 Å². The van der Waals surface area contributed by atoms with Gasteiger partial charge in [-0.1, -0.05) is 12.8 Å². The standard InChI is InChI=1S/C31H37F6N5O2S/c1-4-41(18-21-7-5-6-8-21)27-11-12-28(43-2)40-26(27)20-42(29-38-16-24(17-39-29)44-13-14-45-3)19-22-15-23(30(32,33)34)9-10-25(22)31(35,36)37/h9-12,15-17,21H,4-8,13-14,18-20H2,1-3H3. The summed E-state index contributed by atoms with van der Waals surface area (Å²) < 4.78 is 94.2. The molecule has 3 aromatic rings. The molecule has 1 aliphatic rings. The fourth-order valence-electron chi connectivity index (χ4n) is 5.45. The third-order valence-electron chi connectivity index (χ3n) is 7.70. The van der Waals surface area contributed by atoms with Crippen molar-refractivity contribution >= 4 is 23.4 Å². The van der Waals surface area contributed by atoms with Gasteiger partial charge < -0.3 is 19.3 Å². The Morgan fingerprint density at radius 2 is 1.64 bits per heavy atom. The predicted molar refractivity (Wildman–Crippen MR) is 163 cm³/mol. The summed E-state index contributed by atoms with van der Waals surface area (Å²) >= 11 is 1.59. The Morgan fingerprint density at radius 1 is 0.933 bits per heavy atom. The second kappa shape index (κ2) is 15.2. The SMILES string of the molecule is CCN(CC1CCCC1)c1ccc(OC)nc1CN(Cc1cc(C(F)(F)F)ccc1C(F)(F)F)c1ncc(OCCSC)cn1. The first kappa shape index (κ1) is 34.5. The van der Waals surface area contributed by atoms with Crippen LogP contribution in [0.1, 0.15) is 55.0 Å². The molecule has 1 aliphatic carbocycles. The summed E-state index contributed by atoms with van der Waals surface area (Å²) in [5, 5.41) is 0. The zero-order chi connectivity index (χ0) is 32.6. The van der Waals surface area contributed by atoms with Gasteiger partial charge in [0.05, 0.1) is 55.2 Å². The zero-order valence-corrected chi connectivity index (χ0v) is 26.2. The van der Waals surface area contributed by atoms with E-state index in [2.05, 4.69) is 19.9 Å². The highest BCUT2D eigenvalue weighted by Crippen LogP contribution is 2.38. The highest BCUT2D eigenvalue weighted by molar-refractivity contribution is 7.98. The molecule has 1 aromatic carbocycles. The molecule has 14 heteroatoms. The van der Waals surface area contributed by atoms with Gasteiger partial charge in [-0.15, -0.1) is 0 Å². The van der Waals surface area contributed by atoms with Crippen LogP contribution in [0, 0.1) is 5.92 Å². The number of anilines is 2. The Bertz CT molecular complexity index is 1380. The van der Waals surface area contributed by atoms with Gasteiger partial charge in [-0.25, -0.2) is 15.0 Å². The molecule has 0 atom stereocenters. The van der Waals surface area contributed by atoms with E-state index in [4.69, 9.17) is 9.47 Å². The monoisotopic (exact) mass is 657 g/mol. The molecule has 0 saturated heterocycles. The van der Waals surface area contributed by atoms with Crippen molar-refractivity contribution in [2.24, 2.45) is 5.92 Å². The number of hydrogen-bond acceptors (Lipinski definition) is 8. The van der Waals surface area contributed by atoms with Crippen LogP contribution in [-0.4, -0.2) is 53.8 Å². The summed E-state index contributed by atoms with van der Waals surface area (Å²) in [4.78, 5) is 16.9. The second-order valence-corrected chi connectivity index (χ2v) is 11.8. The quantitative estimate of drug-likeness (QED) is 0.128. The first-order valence-corrected chi connectivity index (χ1v) is 16.1. The number of thioether (sulfide) groups is 1. The molecule has 1 saturated carbocycles. The Balaban J connectivity index is 1.77. The van der Waals surface area contributed by atoms with Crippen molar-refractivity contribution in [2.45, 2.75) is 58.0 Å². The molecule has 246 valence electrons. The minimum Gasteiger partial charge on any atom is -0.489 e. The highest BCUT2D eigenvalue weighted by atomic mass is 32.2. The number of nitrogens with zero attached hydrogens (tertiary/aromatic N) is 5. The summed E-state index contributed by atoms with van der Waals surface area (Å²) in [5.41, 5.74) is -1.69. The first-order chi connectivity index (χ1) is 21.4. The van der Waals surface area contributed by atoms with Crippen LogP contribution < -0.4 is 19.3 Å². The van der Waals surface area contributed by atoms with Gasteiger partial charge in [0.25, 0.3) is 0 Å². The van der Waals surface area contributed by atoms with Crippen molar-refractivity contribution in [1.29, 1.82) is 0 Å². The maximum Gasteiger partial charge on any atom is 0.416 e. The van der Waals surface area contributed by atoms with E-state index in [1.807, 2.05) is 19.2 Å². The first-order valence-electron chi connectivity index (χ1n) is 14.7. The number of rotatable bonds is 14. The number of halogens is 6. The Kier molecular flexibility index (Phi) is 11.7. The molecule has 1 fully saturated rings. The molecule has 0 spiro atoms. The number of methoxy groups -OCH3 is 1. The number of pyridine rings is 1. The van der Waals surface area contributed by atoms with Crippen molar-refractivity contribution in [3.05, 3.63) is 65.1 Å². The number of benzene rings is 1. The van der Waals surface area contributed by atoms with Crippen molar-refractivity contribution < 1.29 is 35.8 Å². The number of ether oxygens (including phenoxy) is 2. The van der Waals surface area contributed by atoms with E-state index in [0.29, 0.717) is 54.6 Å². The topological polar surface area (TPSA) is 63.6 Å². The van der Waals surface area contributed by atoms with Crippen LogP contribution in [0.4, 0.5) is 38.0 Å². The fourth-order valence-corrected chi connectivity index (χ4v) is 5.70. The van der Waals surface area contributed by atoms with Crippen molar-refractivity contribution in [3.63, 3.8) is 0 Å². The van der Waals surface area contributed by atoms with Crippen molar-refractivity contribution in [1.82, 2.24) is 15.0 Å². The van der Waals surface area contributed by atoms with E-state index in [-0.39, 0.29) is 12.5 Å². The lowest BCUT2D eigenvalue weighted by molar-refractivity contribution is -0.141. The molecule has 7 nitrogen and oxygen atoms in total. The van der Waals surface area contributed by atoms with Gasteiger partial charge >= 0.3 is 12.4 Å². The Hall–Kier alpha value is -3.42. The third-order valence-corrected chi connectivity index (χ3v) is 8.28. The van der Waals surface area contributed by atoms with Crippen LogP contribution in [0.3, 0.4) is 0 Å². The maximum absolute atomic E-state index is 14.1. The lowest BCUT2D eigenvalue weighted by Gasteiger charge is -2.30. The number of aromatic nitrogens is 3. The average molecular weight is 658 g/mol. The second-order valence-electron chi connectivity index (χ2n) is 10.8. The Morgan fingerprint density at radius 3 is 2.24 bits per heavy atom. The maximum atomic E-state index is 14.1. The van der Waals surface area contributed by atoms with Gasteiger partial charge in [-0.05, 0) is 61.8 Å². The van der Waals surface area contributed by atoms with Crippen molar-refractivity contribution in [3.8, 4) is 11.6 Å².